The highest BCUT2D eigenvalue weighted by Crippen LogP contribution is 2.44. The summed E-state index contributed by atoms with van der Waals surface area (Å²) in [5, 5.41) is 3.65. The van der Waals surface area contributed by atoms with Crippen molar-refractivity contribution in [3.63, 3.8) is 0 Å². The predicted octanol–water partition coefficient (Wildman–Crippen LogP) is 4.04. The van der Waals surface area contributed by atoms with E-state index in [4.69, 9.17) is 4.74 Å². The molecule has 0 radical (unpaired) electrons. The molecule has 1 fully saturated rings. The lowest BCUT2D eigenvalue weighted by molar-refractivity contribution is 0.0954. The smallest absolute Gasteiger partial charge is 0.262 e. The summed E-state index contributed by atoms with van der Waals surface area (Å²) in [7, 11) is 1.65. The largest absolute Gasteiger partial charge is 0.497 e. The van der Waals surface area contributed by atoms with Gasteiger partial charge in [0.1, 0.15) is 11.4 Å². The molecule has 1 aliphatic carbocycles. The molecule has 118 valence electrons. The van der Waals surface area contributed by atoms with Gasteiger partial charge in [-0.3, -0.25) is 9.69 Å². The number of para-hydroxylation sites is 1. The van der Waals surface area contributed by atoms with Crippen LogP contribution in [0, 0.1) is 0 Å². The Kier molecular flexibility index (Phi) is 3.26. The maximum Gasteiger partial charge on any atom is 0.262 e. The molecule has 4 nitrogen and oxygen atoms in total. The summed E-state index contributed by atoms with van der Waals surface area (Å²) in [5.74, 6) is 0.830. The van der Waals surface area contributed by atoms with E-state index in [2.05, 4.69) is 5.32 Å². The van der Waals surface area contributed by atoms with Crippen LogP contribution >= 0.6 is 0 Å². The molecule has 0 saturated heterocycles. The van der Waals surface area contributed by atoms with Crippen molar-refractivity contribution in [2.75, 3.05) is 17.3 Å². The molecule has 2 aliphatic rings. The highest BCUT2D eigenvalue weighted by atomic mass is 16.5. The first-order valence-electron chi connectivity index (χ1n) is 8.09. The SMILES string of the molecule is COc1cccc(N2C(=O)c3ccccc3NC23CCCC3)c1. The number of benzene rings is 2. The van der Waals surface area contributed by atoms with Crippen LogP contribution in [0.15, 0.2) is 48.5 Å². The fraction of sp³-hybridized carbons (Fsp3) is 0.316. The summed E-state index contributed by atoms with van der Waals surface area (Å²) in [6.07, 6.45) is 4.18. The van der Waals surface area contributed by atoms with Gasteiger partial charge in [-0.15, -0.1) is 0 Å². The molecule has 2 aromatic carbocycles. The van der Waals surface area contributed by atoms with E-state index in [0.29, 0.717) is 0 Å². The van der Waals surface area contributed by atoms with Crippen molar-refractivity contribution in [2.45, 2.75) is 31.3 Å². The first-order chi connectivity index (χ1) is 11.2. The van der Waals surface area contributed by atoms with Crippen molar-refractivity contribution in [3.8, 4) is 5.75 Å². The molecule has 2 aromatic rings. The number of anilines is 2. The van der Waals surface area contributed by atoms with Crippen molar-refractivity contribution in [2.24, 2.45) is 0 Å². The number of amides is 1. The molecule has 1 heterocycles. The number of hydrogen-bond acceptors (Lipinski definition) is 3. The molecule has 1 N–H and O–H groups in total. The van der Waals surface area contributed by atoms with Crippen molar-refractivity contribution >= 4 is 17.3 Å². The van der Waals surface area contributed by atoms with Crippen LogP contribution in [0.1, 0.15) is 36.0 Å². The number of methoxy groups -OCH3 is 1. The molecular formula is C19H20N2O2. The monoisotopic (exact) mass is 308 g/mol. The maximum absolute atomic E-state index is 13.2. The summed E-state index contributed by atoms with van der Waals surface area (Å²) in [6.45, 7) is 0. The number of ether oxygens (including phenoxy) is 1. The quantitative estimate of drug-likeness (QED) is 0.910. The van der Waals surface area contributed by atoms with Crippen LogP contribution in [-0.2, 0) is 0 Å². The lowest BCUT2D eigenvalue weighted by atomic mass is 9.96. The topological polar surface area (TPSA) is 41.6 Å². The van der Waals surface area contributed by atoms with E-state index < -0.39 is 0 Å². The fourth-order valence-corrected chi connectivity index (χ4v) is 3.82. The van der Waals surface area contributed by atoms with Gasteiger partial charge in [0, 0.05) is 11.8 Å². The second-order valence-corrected chi connectivity index (χ2v) is 6.25. The molecule has 0 aromatic heterocycles. The van der Waals surface area contributed by atoms with Crippen LogP contribution < -0.4 is 15.0 Å². The zero-order chi connectivity index (χ0) is 15.9. The number of carbonyl (C=O) groups excluding carboxylic acids is 1. The van der Waals surface area contributed by atoms with Crippen LogP contribution in [0.3, 0.4) is 0 Å². The molecule has 4 rings (SSSR count). The molecule has 0 atom stereocenters. The van der Waals surface area contributed by atoms with Crippen LogP contribution in [0.2, 0.25) is 0 Å². The van der Waals surface area contributed by atoms with Gasteiger partial charge in [0.15, 0.2) is 0 Å². The third-order valence-corrected chi connectivity index (χ3v) is 4.90. The van der Waals surface area contributed by atoms with E-state index in [1.807, 2.05) is 53.4 Å². The average Bonchev–Trinajstić information content (AvgIpc) is 3.03. The van der Waals surface area contributed by atoms with Gasteiger partial charge in [-0.2, -0.15) is 0 Å². The van der Waals surface area contributed by atoms with Gasteiger partial charge < -0.3 is 10.1 Å². The Balaban J connectivity index is 1.86. The number of hydrogen-bond donors (Lipinski definition) is 1. The summed E-state index contributed by atoms with van der Waals surface area (Å²) in [5.41, 5.74) is 2.24. The van der Waals surface area contributed by atoms with Gasteiger partial charge in [0.2, 0.25) is 0 Å². The van der Waals surface area contributed by atoms with Gasteiger partial charge in [0.25, 0.3) is 5.91 Å². The summed E-state index contributed by atoms with van der Waals surface area (Å²) in [6, 6.07) is 15.5. The molecule has 1 amide bonds. The average molecular weight is 308 g/mol. The second-order valence-electron chi connectivity index (χ2n) is 6.25. The van der Waals surface area contributed by atoms with Crippen LogP contribution in [0.5, 0.6) is 5.75 Å². The summed E-state index contributed by atoms with van der Waals surface area (Å²) < 4.78 is 5.34. The van der Waals surface area contributed by atoms with Crippen molar-refractivity contribution in [3.05, 3.63) is 54.1 Å². The lowest BCUT2D eigenvalue weighted by Crippen LogP contribution is -2.59. The van der Waals surface area contributed by atoms with Crippen molar-refractivity contribution in [1.82, 2.24) is 0 Å². The van der Waals surface area contributed by atoms with Crippen LogP contribution in [-0.4, -0.2) is 18.7 Å². The Hall–Kier alpha value is -2.49. The first-order valence-corrected chi connectivity index (χ1v) is 8.09. The van der Waals surface area contributed by atoms with Crippen molar-refractivity contribution < 1.29 is 9.53 Å². The van der Waals surface area contributed by atoms with E-state index in [1.54, 1.807) is 7.11 Å². The Morgan fingerprint density at radius 3 is 2.65 bits per heavy atom. The molecule has 0 unspecified atom stereocenters. The highest BCUT2D eigenvalue weighted by molar-refractivity contribution is 6.12. The highest BCUT2D eigenvalue weighted by Gasteiger charge is 2.47. The number of carbonyl (C=O) groups is 1. The molecule has 0 bridgehead atoms. The van der Waals surface area contributed by atoms with Gasteiger partial charge in [0.05, 0.1) is 18.4 Å². The third-order valence-electron chi connectivity index (χ3n) is 4.90. The van der Waals surface area contributed by atoms with E-state index in [9.17, 15) is 4.79 Å². The minimum Gasteiger partial charge on any atom is -0.497 e. The molecule has 1 spiro atoms. The van der Waals surface area contributed by atoms with Crippen LogP contribution in [0.25, 0.3) is 0 Å². The van der Waals surface area contributed by atoms with Crippen LogP contribution in [0.4, 0.5) is 11.4 Å². The molecule has 1 saturated carbocycles. The number of nitrogens with zero attached hydrogens (tertiary/aromatic N) is 1. The van der Waals surface area contributed by atoms with E-state index >= 15 is 0 Å². The van der Waals surface area contributed by atoms with Gasteiger partial charge in [-0.25, -0.2) is 0 Å². The van der Waals surface area contributed by atoms with Gasteiger partial charge in [-0.1, -0.05) is 18.2 Å². The third kappa shape index (κ3) is 2.17. The Morgan fingerprint density at radius 2 is 1.87 bits per heavy atom. The minimum absolute atomic E-state index is 0.0644. The van der Waals surface area contributed by atoms with Crippen molar-refractivity contribution in [1.29, 1.82) is 0 Å². The van der Waals surface area contributed by atoms with Gasteiger partial charge >= 0.3 is 0 Å². The Labute approximate surface area is 136 Å². The minimum atomic E-state index is -0.322. The summed E-state index contributed by atoms with van der Waals surface area (Å²) >= 11 is 0. The Morgan fingerprint density at radius 1 is 1.09 bits per heavy atom. The molecular weight excluding hydrogens is 288 g/mol. The predicted molar refractivity (Wildman–Crippen MR) is 91.1 cm³/mol. The maximum atomic E-state index is 13.2. The lowest BCUT2D eigenvalue weighted by Gasteiger charge is -2.46. The number of fused-ring (bicyclic) bond motifs is 1. The Bertz CT molecular complexity index is 751. The van der Waals surface area contributed by atoms with Gasteiger partial charge in [-0.05, 0) is 49.9 Å². The van der Waals surface area contributed by atoms with E-state index in [-0.39, 0.29) is 11.6 Å². The number of nitrogens with one attached hydrogen (secondary N) is 1. The van der Waals surface area contributed by atoms with E-state index in [1.165, 1.54) is 0 Å². The number of rotatable bonds is 2. The normalized spacial score (nSPS) is 18.7. The standard InChI is InChI=1S/C19H20N2O2/c1-23-15-8-6-7-14(13-15)21-18(22)16-9-2-3-10-17(16)20-19(21)11-4-5-12-19/h2-3,6-10,13,20H,4-5,11-12H2,1H3. The molecule has 4 heteroatoms. The zero-order valence-corrected chi connectivity index (χ0v) is 13.2. The summed E-state index contributed by atoms with van der Waals surface area (Å²) in [4.78, 5) is 15.2. The second kappa shape index (κ2) is 5.30. The van der Waals surface area contributed by atoms with E-state index in [0.717, 1.165) is 48.4 Å². The molecule has 23 heavy (non-hydrogen) atoms. The zero-order valence-electron chi connectivity index (χ0n) is 13.2. The fourth-order valence-electron chi connectivity index (χ4n) is 3.82. The molecule has 1 aliphatic heterocycles. The first kappa shape index (κ1) is 14.1.